The lowest BCUT2D eigenvalue weighted by atomic mass is 10.0. The van der Waals surface area contributed by atoms with E-state index in [0.717, 1.165) is 36.0 Å². The summed E-state index contributed by atoms with van der Waals surface area (Å²) in [4.78, 5) is 4.94. The van der Waals surface area contributed by atoms with Crippen molar-refractivity contribution in [2.75, 3.05) is 6.61 Å². The molecule has 0 radical (unpaired) electrons. The number of para-hydroxylation sites is 2. The average Bonchev–Trinajstić information content (AvgIpc) is 3.08. The lowest BCUT2D eigenvalue weighted by Gasteiger charge is -2.16. The summed E-state index contributed by atoms with van der Waals surface area (Å²) < 4.78 is 8.54. The first-order chi connectivity index (χ1) is 13.3. The Balaban J connectivity index is 1.60. The van der Waals surface area contributed by atoms with Crippen LogP contribution in [0.1, 0.15) is 38.4 Å². The monoisotopic (exact) mass is 358 g/mol. The fourth-order valence-electron chi connectivity index (χ4n) is 3.86. The van der Waals surface area contributed by atoms with E-state index >= 15 is 0 Å². The van der Waals surface area contributed by atoms with Crippen LogP contribution in [0.3, 0.4) is 0 Å². The number of aromatic nitrogens is 2. The Morgan fingerprint density at radius 3 is 2.48 bits per heavy atom. The van der Waals surface area contributed by atoms with E-state index in [0.29, 0.717) is 12.5 Å². The number of hydrogen-bond donors (Lipinski definition) is 0. The molecule has 0 aliphatic heterocycles. The van der Waals surface area contributed by atoms with E-state index in [1.807, 2.05) is 0 Å². The Bertz CT molecular complexity index is 1040. The molecule has 0 aliphatic carbocycles. The van der Waals surface area contributed by atoms with Crippen molar-refractivity contribution in [1.29, 1.82) is 0 Å². The Labute approximate surface area is 160 Å². The van der Waals surface area contributed by atoms with Gasteiger partial charge >= 0.3 is 0 Å². The fraction of sp³-hybridized carbons (Fsp3) is 0.292. The molecule has 3 aromatic carbocycles. The summed E-state index contributed by atoms with van der Waals surface area (Å²) in [6.07, 6.45) is 2.20. The van der Waals surface area contributed by atoms with Gasteiger partial charge in [0.15, 0.2) is 0 Å². The van der Waals surface area contributed by atoms with E-state index in [-0.39, 0.29) is 0 Å². The van der Waals surface area contributed by atoms with Crippen LogP contribution >= 0.6 is 0 Å². The van der Waals surface area contributed by atoms with Crippen LogP contribution in [0.25, 0.3) is 21.8 Å². The highest BCUT2D eigenvalue weighted by Gasteiger charge is 2.17. The number of fused-ring (bicyclic) bond motifs is 2. The number of hydrogen-bond acceptors (Lipinski definition) is 2. The molecular formula is C24H26N2O. The van der Waals surface area contributed by atoms with Crippen molar-refractivity contribution in [2.24, 2.45) is 0 Å². The first kappa shape index (κ1) is 17.6. The molecule has 138 valence electrons. The minimum Gasteiger partial charge on any atom is -0.491 e. The third-order valence-corrected chi connectivity index (χ3v) is 5.36. The zero-order chi connectivity index (χ0) is 18.6. The fourth-order valence-corrected chi connectivity index (χ4v) is 3.86. The standard InChI is InChI=1S/C24H26N2O/c1-3-18(4-2)24-25-21-13-7-8-14-22(21)26(24)16-17-27-23-15-9-11-19-10-5-6-12-20(19)23/h5-15,18H,3-4,16-17H2,1-2H3. The summed E-state index contributed by atoms with van der Waals surface area (Å²) >= 11 is 0. The predicted molar refractivity (Wildman–Crippen MR) is 112 cm³/mol. The van der Waals surface area contributed by atoms with Crippen LogP contribution in [-0.2, 0) is 6.54 Å². The molecule has 0 saturated carbocycles. The van der Waals surface area contributed by atoms with Gasteiger partial charge in [-0.25, -0.2) is 4.98 Å². The van der Waals surface area contributed by atoms with Gasteiger partial charge in [0.1, 0.15) is 18.2 Å². The third-order valence-electron chi connectivity index (χ3n) is 5.36. The molecule has 4 rings (SSSR count). The number of nitrogens with zero attached hydrogens (tertiary/aromatic N) is 2. The molecule has 0 N–H and O–H groups in total. The largest absolute Gasteiger partial charge is 0.491 e. The molecule has 1 heterocycles. The number of imidazole rings is 1. The summed E-state index contributed by atoms with van der Waals surface area (Å²) in [5, 5.41) is 2.37. The quantitative estimate of drug-likeness (QED) is 0.395. The van der Waals surface area contributed by atoms with Gasteiger partial charge < -0.3 is 9.30 Å². The number of benzene rings is 3. The molecule has 0 amide bonds. The molecule has 1 aromatic heterocycles. The Hall–Kier alpha value is -2.81. The van der Waals surface area contributed by atoms with E-state index in [4.69, 9.17) is 9.72 Å². The summed E-state index contributed by atoms with van der Waals surface area (Å²) in [5.74, 6) is 2.61. The van der Waals surface area contributed by atoms with Crippen LogP contribution in [0.4, 0.5) is 0 Å². The van der Waals surface area contributed by atoms with Gasteiger partial charge in [0, 0.05) is 11.3 Å². The van der Waals surface area contributed by atoms with Crippen molar-refractivity contribution in [3.63, 3.8) is 0 Å². The summed E-state index contributed by atoms with van der Waals surface area (Å²) in [6.45, 7) is 5.91. The lowest BCUT2D eigenvalue weighted by Crippen LogP contribution is -2.13. The van der Waals surface area contributed by atoms with Crippen LogP contribution < -0.4 is 4.74 Å². The minimum atomic E-state index is 0.481. The molecule has 4 aromatic rings. The molecule has 0 unspecified atom stereocenters. The highest BCUT2D eigenvalue weighted by Crippen LogP contribution is 2.28. The van der Waals surface area contributed by atoms with Gasteiger partial charge in [-0.2, -0.15) is 0 Å². The zero-order valence-corrected chi connectivity index (χ0v) is 16.1. The van der Waals surface area contributed by atoms with Gasteiger partial charge in [-0.3, -0.25) is 0 Å². The lowest BCUT2D eigenvalue weighted by molar-refractivity contribution is 0.300. The second-order valence-corrected chi connectivity index (χ2v) is 6.95. The summed E-state index contributed by atoms with van der Waals surface area (Å²) in [5.41, 5.74) is 2.27. The Kier molecular flexibility index (Phi) is 5.10. The van der Waals surface area contributed by atoms with Crippen molar-refractivity contribution >= 4 is 21.8 Å². The second kappa shape index (κ2) is 7.83. The van der Waals surface area contributed by atoms with Gasteiger partial charge in [0.2, 0.25) is 0 Å². The molecule has 0 saturated heterocycles. The van der Waals surface area contributed by atoms with Crippen LogP contribution in [0, 0.1) is 0 Å². The topological polar surface area (TPSA) is 27.1 Å². The predicted octanol–water partition coefficient (Wildman–Crippen LogP) is 6.17. The first-order valence-electron chi connectivity index (χ1n) is 9.87. The molecule has 0 fully saturated rings. The highest BCUT2D eigenvalue weighted by molar-refractivity contribution is 5.88. The smallest absolute Gasteiger partial charge is 0.127 e. The van der Waals surface area contributed by atoms with Gasteiger partial charge in [0.25, 0.3) is 0 Å². The van der Waals surface area contributed by atoms with Gasteiger partial charge in [0.05, 0.1) is 17.6 Å². The molecular weight excluding hydrogens is 332 g/mol. The van der Waals surface area contributed by atoms with Crippen LogP contribution in [-0.4, -0.2) is 16.2 Å². The first-order valence-corrected chi connectivity index (χ1v) is 9.87. The molecule has 3 nitrogen and oxygen atoms in total. The van der Waals surface area contributed by atoms with E-state index in [2.05, 4.69) is 85.1 Å². The van der Waals surface area contributed by atoms with E-state index < -0.39 is 0 Å². The third kappa shape index (κ3) is 3.42. The maximum atomic E-state index is 6.19. The van der Waals surface area contributed by atoms with Crippen molar-refractivity contribution < 1.29 is 4.74 Å². The molecule has 0 spiro atoms. The zero-order valence-electron chi connectivity index (χ0n) is 16.1. The van der Waals surface area contributed by atoms with E-state index in [1.165, 1.54) is 16.7 Å². The van der Waals surface area contributed by atoms with Crippen LogP contribution in [0.15, 0.2) is 66.7 Å². The molecule has 0 atom stereocenters. The normalized spacial score (nSPS) is 11.5. The SMILES string of the molecule is CCC(CC)c1nc2ccccc2n1CCOc1cccc2ccccc12. The summed E-state index contributed by atoms with van der Waals surface area (Å²) in [6, 6.07) is 23.0. The van der Waals surface area contributed by atoms with Crippen molar-refractivity contribution in [3.8, 4) is 5.75 Å². The Morgan fingerprint density at radius 1 is 0.889 bits per heavy atom. The van der Waals surface area contributed by atoms with Gasteiger partial charge in [-0.15, -0.1) is 0 Å². The molecule has 0 aliphatic rings. The second-order valence-electron chi connectivity index (χ2n) is 6.95. The van der Waals surface area contributed by atoms with Crippen molar-refractivity contribution in [1.82, 2.24) is 9.55 Å². The number of rotatable bonds is 7. The van der Waals surface area contributed by atoms with Crippen molar-refractivity contribution in [3.05, 3.63) is 72.6 Å². The van der Waals surface area contributed by atoms with Crippen LogP contribution in [0.2, 0.25) is 0 Å². The minimum absolute atomic E-state index is 0.481. The average molecular weight is 358 g/mol. The maximum absolute atomic E-state index is 6.19. The van der Waals surface area contributed by atoms with Crippen LogP contribution in [0.5, 0.6) is 5.75 Å². The van der Waals surface area contributed by atoms with E-state index in [1.54, 1.807) is 0 Å². The van der Waals surface area contributed by atoms with E-state index in [9.17, 15) is 0 Å². The van der Waals surface area contributed by atoms with Gasteiger partial charge in [-0.1, -0.05) is 62.4 Å². The summed E-state index contributed by atoms with van der Waals surface area (Å²) in [7, 11) is 0. The molecule has 0 bridgehead atoms. The number of ether oxygens (including phenoxy) is 1. The van der Waals surface area contributed by atoms with Crippen molar-refractivity contribution in [2.45, 2.75) is 39.2 Å². The molecule has 27 heavy (non-hydrogen) atoms. The highest BCUT2D eigenvalue weighted by atomic mass is 16.5. The van der Waals surface area contributed by atoms with Gasteiger partial charge in [-0.05, 0) is 36.4 Å². The maximum Gasteiger partial charge on any atom is 0.127 e. The molecule has 3 heteroatoms. The Morgan fingerprint density at radius 2 is 1.63 bits per heavy atom.